The second-order valence-electron chi connectivity index (χ2n) is 5.40. The van der Waals surface area contributed by atoms with E-state index in [2.05, 4.69) is 29.4 Å². The van der Waals surface area contributed by atoms with Crippen molar-refractivity contribution in [3.8, 4) is 0 Å². The van der Waals surface area contributed by atoms with Crippen LogP contribution in [-0.2, 0) is 0 Å². The third-order valence-corrected chi connectivity index (χ3v) is 3.17. The van der Waals surface area contributed by atoms with Crippen molar-refractivity contribution in [1.29, 1.82) is 0 Å². The molecule has 0 saturated carbocycles. The van der Waals surface area contributed by atoms with Gasteiger partial charge in [0.05, 0.1) is 0 Å². The van der Waals surface area contributed by atoms with E-state index in [4.69, 9.17) is 0 Å². The molecule has 1 aromatic heterocycles. The molecule has 0 aliphatic carbocycles. The summed E-state index contributed by atoms with van der Waals surface area (Å²) in [4.78, 5) is 13.2. The van der Waals surface area contributed by atoms with Gasteiger partial charge in [-0.05, 0) is 25.5 Å². The fraction of sp³-hybridized carbons (Fsp3) is 0.667. The number of aromatic nitrogens is 2. The third kappa shape index (κ3) is 5.55. The summed E-state index contributed by atoms with van der Waals surface area (Å²) in [5.41, 5.74) is 0.371. The molecule has 1 amide bonds. The van der Waals surface area contributed by atoms with Crippen LogP contribution < -0.4 is 5.32 Å². The number of hydrogen-bond acceptors (Lipinski definition) is 4. The summed E-state index contributed by atoms with van der Waals surface area (Å²) < 4.78 is 0. The number of carbonyl (C=O) groups is 1. The highest BCUT2D eigenvalue weighted by Crippen LogP contribution is 2.10. The first kappa shape index (κ1) is 16.4. The first-order valence-corrected chi connectivity index (χ1v) is 7.36. The van der Waals surface area contributed by atoms with Gasteiger partial charge in [-0.3, -0.25) is 4.79 Å². The molecule has 1 unspecified atom stereocenters. The lowest BCUT2D eigenvalue weighted by Crippen LogP contribution is -2.23. The van der Waals surface area contributed by atoms with Crippen LogP contribution in [0.4, 0.5) is 5.82 Å². The van der Waals surface area contributed by atoms with E-state index in [1.54, 1.807) is 20.2 Å². The molecule has 1 heterocycles. The van der Waals surface area contributed by atoms with Crippen molar-refractivity contribution in [3.05, 3.63) is 17.8 Å². The van der Waals surface area contributed by atoms with Crippen molar-refractivity contribution in [1.82, 2.24) is 15.1 Å². The largest absolute Gasteiger partial charge is 0.366 e. The van der Waals surface area contributed by atoms with Crippen molar-refractivity contribution in [2.75, 3.05) is 19.4 Å². The average molecular weight is 278 g/mol. The van der Waals surface area contributed by atoms with Crippen LogP contribution in [0, 0.1) is 0 Å². The first-order valence-electron chi connectivity index (χ1n) is 7.36. The molecule has 0 bridgehead atoms. The molecule has 1 N–H and O–H groups in total. The van der Waals surface area contributed by atoms with Gasteiger partial charge in [-0.25, -0.2) is 0 Å². The molecule has 1 atom stereocenters. The zero-order chi connectivity index (χ0) is 15.0. The van der Waals surface area contributed by atoms with Crippen LogP contribution >= 0.6 is 0 Å². The molecule has 0 saturated heterocycles. The van der Waals surface area contributed by atoms with E-state index >= 15 is 0 Å². The molecule has 0 radical (unpaired) electrons. The minimum Gasteiger partial charge on any atom is -0.366 e. The minimum absolute atomic E-state index is 0.128. The molecule has 5 nitrogen and oxygen atoms in total. The quantitative estimate of drug-likeness (QED) is 0.743. The Morgan fingerprint density at radius 3 is 2.55 bits per heavy atom. The first-order chi connectivity index (χ1) is 9.54. The van der Waals surface area contributed by atoms with E-state index in [9.17, 15) is 4.79 Å². The SMILES string of the molecule is CCCCCCC(C)Nc1ccc(C(=O)N(C)C)nn1. The monoisotopic (exact) mass is 278 g/mol. The highest BCUT2D eigenvalue weighted by molar-refractivity contribution is 5.91. The van der Waals surface area contributed by atoms with E-state index < -0.39 is 0 Å². The highest BCUT2D eigenvalue weighted by atomic mass is 16.2. The van der Waals surface area contributed by atoms with Gasteiger partial charge in [0.25, 0.3) is 5.91 Å². The van der Waals surface area contributed by atoms with Gasteiger partial charge in [0.2, 0.25) is 0 Å². The number of rotatable bonds is 8. The number of hydrogen-bond donors (Lipinski definition) is 1. The number of carbonyl (C=O) groups excluding carboxylic acids is 1. The van der Waals surface area contributed by atoms with Gasteiger partial charge in [-0.15, -0.1) is 10.2 Å². The minimum atomic E-state index is -0.128. The molecule has 0 aliphatic heterocycles. The Morgan fingerprint density at radius 1 is 1.25 bits per heavy atom. The normalized spacial score (nSPS) is 12.0. The second kappa shape index (κ2) is 8.51. The molecule has 0 aliphatic rings. The maximum absolute atomic E-state index is 11.7. The Bertz CT molecular complexity index is 403. The Balaban J connectivity index is 2.43. The zero-order valence-corrected chi connectivity index (χ0v) is 13.0. The summed E-state index contributed by atoms with van der Waals surface area (Å²) in [5.74, 6) is 0.597. The number of anilines is 1. The zero-order valence-electron chi connectivity index (χ0n) is 13.0. The molecular weight excluding hydrogens is 252 g/mol. The van der Waals surface area contributed by atoms with Crippen LogP contribution in [0.2, 0.25) is 0 Å². The van der Waals surface area contributed by atoms with Crippen molar-refractivity contribution in [2.24, 2.45) is 0 Å². The molecule has 1 aromatic rings. The van der Waals surface area contributed by atoms with Crippen LogP contribution in [0.25, 0.3) is 0 Å². The lowest BCUT2D eigenvalue weighted by Gasteiger charge is -2.14. The number of nitrogens with one attached hydrogen (secondary N) is 1. The molecule has 0 spiro atoms. The van der Waals surface area contributed by atoms with Crippen LogP contribution in [-0.4, -0.2) is 41.1 Å². The average Bonchev–Trinajstić information content (AvgIpc) is 2.43. The van der Waals surface area contributed by atoms with Gasteiger partial charge in [0.1, 0.15) is 5.82 Å². The van der Waals surface area contributed by atoms with Crippen LogP contribution in [0.3, 0.4) is 0 Å². The molecule has 20 heavy (non-hydrogen) atoms. The number of amides is 1. The molecular formula is C15H26N4O. The molecule has 112 valence electrons. The van der Waals surface area contributed by atoms with E-state index in [1.165, 1.54) is 30.6 Å². The van der Waals surface area contributed by atoms with Gasteiger partial charge in [-0.2, -0.15) is 0 Å². The summed E-state index contributed by atoms with van der Waals surface area (Å²) in [6.45, 7) is 4.36. The third-order valence-electron chi connectivity index (χ3n) is 3.17. The van der Waals surface area contributed by atoms with Crippen LogP contribution in [0.5, 0.6) is 0 Å². The Hall–Kier alpha value is -1.65. The van der Waals surface area contributed by atoms with Crippen LogP contribution in [0.1, 0.15) is 56.4 Å². The standard InChI is InChI=1S/C15H26N4O/c1-5-6-7-8-9-12(2)16-14-11-10-13(17-18-14)15(20)19(3)4/h10-12H,5-9H2,1-4H3,(H,16,18). The summed E-state index contributed by atoms with van der Waals surface area (Å²) >= 11 is 0. The topological polar surface area (TPSA) is 58.1 Å². The molecule has 5 heteroatoms. The van der Waals surface area contributed by atoms with Gasteiger partial charge >= 0.3 is 0 Å². The maximum atomic E-state index is 11.7. The Morgan fingerprint density at radius 2 is 2.00 bits per heavy atom. The smallest absolute Gasteiger partial charge is 0.273 e. The Kier molecular flexibility index (Phi) is 6.98. The van der Waals surface area contributed by atoms with Crippen LogP contribution in [0.15, 0.2) is 12.1 Å². The van der Waals surface area contributed by atoms with Crippen molar-refractivity contribution in [2.45, 2.75) is 52.0 Å². The van der Waals surface area contributed by atoms with Gasteiger partial charge in [0.15, 0.2) is 5.69 Å². The summed E-state index contributed by atoms with van der Waals surface area (Å²) in [5, 5.41) is 11.3. The lowest BCUT2D eigenvalue weighted by atomic mass is 10.1. The predicted molar refractivity (Wildman–Crippen MR) is 81.9 cm³/mol. The Labute approximate surface area is 121 Å². The lowest BCUT2D eigenvalue weighted by molar-refractivity contribution is 0.0821. The fourth-order valence-corrected chi connectivity index (χ4v) is 1.95. The number of unbranched alkanes of at least 4 members (excludes halogenated alkanes) is 3. The fourth-order valence-electron chi connectivity index (χ4n) is 1.95. The van der Waals surface area contributed by atoms with Gasteiger partial charge in [-0.1, -0.05) is 32.6 Å². The molecule has 0 fully saturated rings. The maximum Gasteiger partial charge on any atom is 0.273 e. The summed E-state index contributed by atoms with van der Waals surface area (Å²) in [6, 6.07) is 3.89. The highest BCUT2D eigenvalue weighted by Gasteiger charge is 2.10. The van der Waals surface area contributed by atoms with Crippen molar-refractivity contribution in [3.63, 3.8) is 0 Å². The van der Waals surface area contributed by atoms with Gasteiger partial charge in [0, 0.05) is 20.1 Å². The van der Waals surface area contributed by atoms with Crippen molar-refractivity contribution >= 4 is 11.7 Å². The van der Waals surface area contributed by atoms with E-state index in [1.807, 2.05) is 6.07 Å². The predicted octanol–water partition coefficient (Wildman–Crippen LogP) is 2.95. The van der Waals surface area contributed by atoms with E-state index in [-0.39, 0.29) is 5.91 Å². The summed E-state index contributed by atoms with van der Waals surface area (Å²) in [7, 11) is 3.41. The van der Waals surface area contributed by atoms with Gasteiger partial charge < -0.3 is 10.2 Å². The second-order valence-corrected chi connectivity index (χ2v) is 5.40. The molecule has 0 aromatic carbocycles. The van der Waals surface area contributed by atoms with Crippen molar-refractivity contribution < 1.29 is 4.79 Å². The number of nitrogens with zero attached hydrogens (tertiary/aromatic N) is 3. The van der Waals surface area contributed by atoms with E-state index in [0.717, 1.165) is 12.2 Å². The van der Waals surface area contributed by atoms with E-state index in [0.29, 0.717) is 11.7 Å². The summed E-state index contributed by atoms with van der Waals surface area (Å²) in [6.07, 6.45) is 6.19. The molecule has 1 rings (SSSR count).